The molecule has 2 amide bonds. The maximum absolute atomic E-state index is 14.2. The zero-order chi connectivity index (χ0) is 31.9. The predicted octanol–water partition coefficient (Wildman–Crippen LogP) is 5.21. The molecule has 1 N–H and O–H groups in total. The number of anilines is 1. The number of methoxy groups -OCH3 is 2. The topological polar surface area (TPSA) is 105 Å². The molecule has 44 heavy (non-hydrogen) atoms. The maximum Gasteiger partial charge on any atom is 0.264 e. The van der Waals surface area contributed by atoms with E-state index < -0.39 is 34.3 Å². The van der Waals surface area contributed by atoms with Crippen LogP contribution in [0.15, 0.2) is 71.6 Å². The van der Waals surface area contributed by atoms with Gasteiger partial charge < -0.3 is 19.7 Å². The molecule has 0 bridgehead atoms. The summed E-state index contributed by atoms with van der Waals surface area (Å²) in [7, 11) is -1.35. The van der Waals surface area contributed by atoms with E-state index in [1.54, 1.807) is 25.1 Å². The van der Waals surface area contributed by atoms with E-state index in [-0.39, 0.29) is 34.8 Å². The zero-order valence-electron chi connectivity index (χ0n) is 25.6. The van der Waals surface area contributed by atoms with Gasteiger partial charge >= 0.3 is 0 Å². The summed E-state index contributed by atoms with van der Waals surface area (Å²) in [4.78, 5) is 28.9. The molecule has 0 radical (unpaired) electrons. The number of ether oxygens (including phenoxy) is 2. The first-order valence-electron chi connectivity index (χ1n) is 14.7. The lowest BCUT2D eigenvalue weighted by Crippen LogP contribution is -2.53. The molecule has 1 saturated carbocycles. The fourth-order valence-electron chi connectivity index (χ4n) is 5.28. The van der Waals surface area contributed by atoms with E-state index in [9.17, 15) is 22.4 Å². The molecule has 0 saturated heterocycles. The van der Waals surface area contributed by atoms with Crippen LogP contribution in [0.2, 0.25) is 0 Å². The SMILES string of the molecule is COc1ccc(N(CC(=O)N(Cc2ccc(F)cc2)[C@H](C)C(=O)NC2CCCCC2)S(=O)(=O)c2ccc(C)cc2)cc1OC. The molecule has 236 valence electrons. The number of hydrogen-bond acceptors (Lipinski definition) is 6. The molecule has 0 aromatic heterocycles. The number of aryl methyl sites for hydroxylation is 1. The lowest BCUT2D eigenvalue weighted by molar-refractivity contribution is -0.139. The standard InChI is InChI=1S/C33H40FN3O6S/c1-23-10-17-29(18-11-23)44(40,41)37(28-16-19-30(42-3)31(20-28)43-4)22-32(38)36(21-25-12-14-26(34)15-13-25)24(2)33(39)35-27-8-6-5-7-9-27/h10-20,24,27H,5-9,21-22H2,1-4H3,(H,35,39)/t24-/m1/s1. The van der Waals surface area contributed by atoms with Crippen molar-refractivity contribution >= 4 is 27.5 Å². The van der Waals surface area contributed by atoms with E-state index in [1.165, 1.54) is 67.7 Å². The summed E-state index contributed by atoms with van der Waals surface area (Å²) in [5.74, 6) is -0.692. The second-order valence-electron chi connectivity index (χ2n) is 11.0. The number of amides is 2. The molecule has 9 nitrogen and oxygen atoms in total. The number of carbonyl (C=O) groups excluding carboxylic acids is 2. The van der Waals surface area contributed by atoms with Crippen LogP contribution >= 0.6 is 0 Å². The van der Waals surface area contributed by atoms with Crippen LogP contribution in [0.3, 0.4) is 0 Å². The molecule has 3 aromatic rings. The number of carbonyl (C=O) groups is 2. The summed E-state index contributed by atoms with van der Waals surface area (Å²) < 4.78 is 53.6. The van der Waals surface area contributed by atoms with Gasteiger partial charge in [-0.05, 0) is 68.7 Å². The number of sulfonamides is 1. The van der Waals surface area contributed by atoms with Gasteiger partial charge in [-0.3, -0.25) is 13.9 Å². The van der Waals surface area contributed by atoms with Gasteiger partial charge in [0.1, 0.15) is 18.4 Å². The monoisotopic (exact) mass is 625 g/mol. The highest BCUT2D eigenvalue weighted by molar-refractivity contribution is 7.92. The van der Waals surface area contributed by atoms with Crippen LogP contribution in [0, 0.1) is 12.7 Å². The molecule has 11 heteroatoms. The highest BCUT2D eigenvalue weighted by Gasteiger charge is 2.33. The Bertz CT molecular complexity index is 1540. The highest BCUT2D eigenvalue weighted by atomic mass is 32.2. The van der Waals surface area contributed by atoms with Crippen molar-refractivity contribution in [1.29, 1.82) is 0 Å². The first kappa shape index (κ1) is 32.8. The van der Waals surface area contributed by atoms with Crippen LogP contribution in [0.4, 0.5) is 10.1 Å². The van der Waals surface area contributed by atoms with Crippen LogP contribution in [-0.2, 0) is 26.2 Å². The Morgan fingerprint density at radius 2 is 1.57 bits per heavy atom. The molecule has 0 unspecified atom stereocenters. The van der Waals surface area contributed by atoms with Gasteiger partial charge in [-0.15, -0.1) is 0 Å². The molecule has 3 aromatic carbocycles. The highest BCUT2D eigenvalue weighted by Crippen LogP contribution is 2.34. The predicted molar refractivity (Wildman–Crippen MR) is 167 cm³/mol. The molecule has 4 rings (SSSR count). The Hall–Kier alpha value is -4.12. The molecule has 1 fully saturated rings. The molecule has 1 aliphatic carbocycles. The van der Waals surface area contributed by atoms with Gasteiger partial charge in [0.15, 0.2) is 11.5 Å². The van der Waals surface area contributed by atoms with Crippen molar-refractivity contribution in [2.75, 3.05) is 25.1 Å². The van der Waals surface area contributed by atoms with Crippen molar-refractivity contribution in [2.24, 2.45) is 0 Å². The lowest BCUT2D eigenvalue weighted by Gasteiger charge is -2.33. The normalized spacial score (nSPS) is 14.4. The van der Waals surface area contributed by atoms with Crippen LogP contribution in [0.1, 0.15) is 50.2 Å². The van der Waals surface area contributed by atoms with E-state index >= 15 is 0 Å². The molecular weight excluding hydrogens is 585 g/mol. The Labute approximate surface area is 259 Å². The quantitative estimate of drug-likeness (QED) is 0.296. The molecule has 0 aliphatic heterocycles. The second-order valence-corrected chi connectivity index (χ2v) is 12.9. The summed E-state index contributed by atoms with van der Waals surface area (Å²) in [6.07, 6.45) is 4.90. The van der Waals surface area contributed by atoms with Gasteiger partial charge in [-0.1, -0.05) is 49.1 Å². The van der Waals surface area contributed by atoms with Gasteiger partial charge in [-0.2, -0.15) is 0 Å². The van der Waals surface area contributed by atoms with Crippen LogP contribution in [-0.4, -0.2) is 58.0 Å². The Morgan fingerprint density at radius 1 is 0.932 bits per heavy atom. The van der Waals surface area contributed by atoms with Crippen molar-refractivity contribution in [1.82, 2.24) is 10.2 Å². The molecule has 1 aliphatic rings. The summed E-state index contributed by atoms with van der Waals surface area (Å²) in [6, 6.07) is 15.6. The van der Waals surface area contributed by atoms with Gasteiger partial charge in [0.25, 0.3) is 10.0 Å². The molecular formula is C33H40FN3O6S. The number of rotatable bonds is 12. The third kappa shape index (κ3) is 7.88. The van der Waals surface area contributed by atoms with Crippen LogP contribution in [0.25, 0.3) is 0 Å². The molecule has 0 heterocycles. The smallest absolute Gasteiger partial charge is 0.264 e. The van der Waals surface area contributed by atoms with E-state index in [4.69, 9.17) is 9.47 Å². The van der Waals surface area contributed by atoms with Gasteiger partial charge in [-0.25, -0.2) is 12.8 Å². The minimum Gasteiger partial charge on any atom is -0.493 e. The summed E-state index contributed by atoms with van der Waals surface area (Å²) in [5.41, 5.74) is 1.65. The second kappa shape index (κ2) is 14.6. The summed E-state index contributed by atoms with van der Waals surface area (Å²) >= 11 is 0. The fourth-order valence-corrected chi connectivity index (χ4v) is 6.69. The zero-order valence-corrected chi connectivity index (χ0v) is 26.4. The number of halogens is 1. The van der Waals surface area contributed by atoms with E-state index in [2.05, 4.69) is 5.32 Å². The lowest BCUT2D eigenvalue weighted by atomic mass is 9.95. The minimum absolute atomic E-state index is 0.00106. The average molecular weight is 626 g/mol. The van der Waals surface area contributed by atoms with Crippen LogP contribution in [0.5, 0.6) is 11.5 Å². The number of nitrogens with zero attached hydrogens (tertiary/aromatic N) is 2. The summed E-state index contributed by atoms with van der Waals surface area (Å²) in [6.45, 7) is 2.84. The van der Waals surface area contributed by atoms with Gasteiger partial charge in [0, 0.05) is 18.7 Å². The van der Waals surface area contributed by atoms with Crippen LogP contribution < -0.4 is 19.1 Å². The Kier molecular flexibility index (Phi) is 10.9. The minimum atomic E-state index is -4.25. The Balaban J connectivity index is 1.72. The number of hydrogen-bond donors (Lipinski definition) is 1. The maximum atomic E-state index is 14.2. The molecule has 1 atom stereocenters. The van der Waals surface area contributed by atoms with Crippen molar-refractivity contribution in [2.45, 2.75) is 69.5 Å². The largest absolute Gasteiger partial charge is 0.493 e. The first-order chi connectivity index (χ1) is 21.0. The number of nitrogens with one attached hydrogen (secondary N) is 1. The van der Waals surface area contributed by atoms with Crippen molar-refractivity contribution < 1.29 is 31.9 Å². The first-order valence-corrected chi connectivity index (χ1v) is 16.1. The summed E-state index contributed by atoms with van der Waals surface area (Å²) in [5, 5.41) is 3.07. The van der Waals surface area contributed by atoms with E-state index in [0.29, 0.717) is 11.3 Å². The van der Waals surface area contributed by atoms with E-state index in [0.717, 1.165) is 42.0 Å². The van der Waals surface area contributed by atoms with Gasteiger partial charge in [0.2, 0.25) is 11.8 Å². The van der Waals surface area contributed by atoms with E-state index in [1.807, 2.05) is 6.92 Å². The van der Waals surface area contributed by atoms with Crippen molar-refractivity contribution in [3.8, 4) is 11.5 Å². The fraction of sp³-hybridized carbons (Fsp3) is 0.394. The third-order valence-electron chi connectivity index (χ3n) is 7.93. The van der Waals surface area contributed by atoms with Crippen molar-refractivity contribution in [3.63, 3.8) is 0 Å². The molecule has 0 spiro atoms. The van der Waals surface area contributed by atoms with Crippen molar-refractivity contribution in [3.05, 3.63) is 83.7 Å². The Morgan fingerprint density at radius 3 is 2.18 bits per heavy atom. The average Bonchev–Trinajstić information content (AvgIpc) is 3.03. The number of benzene rings is 3. The third-order valence-corrected chi connectivity index (χ3v) is 9.72. The van der Waals surface area contributed by atoms with Gasteiger partial charge in [0.05, 0.1) is 24.8 Å².